The van der Waals surface area contributed by atoms with E-state index in [-0.39, 0.29) is 24.8 Å². The summed E-state index contributed by atoms with van der Waals surface area (Å²) in [6.45, 7) is 4.35. The molecule has 15 atom stereocenters. The van der Waals surface area contributed by atoms with Crippen molar-refractivity contribution in [2.24, 2.45) is 22.7 Å². The Balaban J connectivity index is 1.34. The molecule has 5 fully saturated rings. The van der Waals surface area contributed by atoms with Crippen molar-refractivity contribution >= 4 is 11.6 Å². The predicted molar refractivity (Wildman–Crippen MR) is 143 cm³/mol. The Bertz CT molecular complexity index is 1240. The van der Waals surface area contributed by atoms with E-state index in [1.165, 1.54) is 19.1 Å². The van der Waals surface area contributed by atoms with Crippen molar-refractivity contribution in [2.75, 3.05) is 6.61 Å². The van der Waals surface area contributed by atoms with Crippen molar-refractivity contribution in [3.8, 4) is 0 Å². The lowest BCUT2D eigenvalue weighted by molar-refractivity contribution is -0.427. The van der Waals surface area contributed by atoms with Crippen LogP contribution in [0.2, 0.25) is 0 Å². The first kappa shape index (κ1) is 32.2. The van der Waals surface area contributed by atoms with Crippen LogP contribution in [-0.4, -0.2) is 111 Å². The highest BCUT2D eigenvalue weighted by atomic mass is 19.1. The Morgan fingerprint density at radius 3 is 2.45 bits per heavy atom. The molecule has 6 aliphatic rings. The molecule has 12 nitrogen and oxygen atoms in total. The molecule has 3 saturated carbocycles. The average Bonchev–Trinajstić information content (AvgIpc) is 3.46. The van der Waals surface area contributed by atoms with Crippen LogP contribution in [0, 0.1) is 22.7 Å². The van der Waals surface area contributed by atoms with Crippen molar-refractivity contribution in [2.45, 2.75) is 120 Å². The van der Waals surface area contributed by atoms with Gasteiger partial charge in [0.1, 0.15) is 31.1 Å². The first-order chi connectivity index (χ1) is 20.7. The number of carbonyl (C=O) groups excluding carboxylic acids is 2. The van der Waals surface area contributed by atoms with Crippen LogP contribution >= 0.6 is 0 Å². The van der Waals surface area contributed by atoms with E-state index in [2.05, 4.69) is 4.89 Å². The lowest BCUT2D eigenvalue weighted by Gasteiger charge is -2.63. The van der Waals surface area contributed by atoms with E-state index in [1.807, 2.05) is 6.92 Å². The third-order valence-electron chi connectivity index (χ3n) is 11.4. The second-order valence-electron chi connectivity index (χ2n) is 13.5. The monoisotopic (exact) mass is 630 g/mol. The number of hydrogen-bond donors (Lipinski definition) is 5. The lowest BCUT2D eigenvalue weighted by Crippen LogP contribution is -2.71. The molecule has 0 unspecified atom stereocenters. The molecular weight excluding hydrogens is 590 g/mol. The molecule has 44 heavy (non-hydrogen) atoms. The fourth-order valence-electron chi connectivity index (χ4n) is 9.19. The van der Waals surface area contributed by atoms with Gasteiger partial charge in [0.15, 0.2) is 35.4 Å². The van der Waals surface area contributed by atoms with E-state index in [4.69, 9.17) is 24.2 Å². The van der Waals surface area contributed by atoms with Gasteiger partial charge < -0.3 is 39.4 Å². The van der Waals surface area contributed by atoms with Gasteiger partial charge in [-0.25, -0.2) is 18.9 Å². The normalized spacial score (nSPS) is 53.0. The molecule has 2 aliphatic heterocycles. The van der Waals surface area contributed by atoms with Gasteiger partial charge in [-0.15, -0.1) is 0 Å². The summed E-state index contributed by atoms with van der Waals surface area (Å²) >= 11 is 0. The number of halogens is 2. The minimum Gasteiger partial charge on any atom is -0.390 e. The Labute approximate surface area is 252 Å². The topological polar surface area (TPSA) is 181 Å². The highest BCUT2D eigenvalue weighted by molar-refractivity contribution is 6.01. The predicted octanol–water partition coefficient (Wildman–Crippen LogP) is 1.04. The first-order valence-electron chi connectivity index (χ1n) is 15.1. The number of alkyl halides is 2. The first-order valence-corrected chi connectivity index (χ1v) is 15.1. The number of rotatable bonds is 7. The van der Waals surface area contributed by atoms with Gasteiger partial charge in [0, 0.05) is 16.7 Å². The van der Waals surface area contributed by atoms with Crippen LogP contribution in [0.15, 0.2) is 23.8 Å². The third kappa shape index (κ3) is 4.16. The number of ketones is 2. The molecule has 2 heterocycles. The maximum atomic E-state index is 17.6. The molecule has 0 aromatic carbocycles. The van der Waals surface area contributed by atoms with Crippen LogP contribution < -0.4 is 0 Å². The van der Waals surface area contributed by atoms with Crippen LogP contribution in [0.3, 0.4) is 0 Å². The number of aliphatic hydroxyl groups is 4. The van der Waals surface area contributed by atoms with Crippen LogP contribution in [0.1, 0.15) is 52.9 Å². The van der Waals surface area contributed by atoms with Crippen LogP contribution in [-0.2, 0) is 33.4 Å². The van der Waals surface area contributed by atoms with Gasteiger partial charge in [-0.2, -0.15) is 0 Å². The maximum absolute atomic E-state index is 17.6. The lowest BCUT2D eigenvalue weighted by atomic mass is 9.44. The minimum atomic E-state index is -2.36. The number of carbonyl (C=O) groups is 2. The van der Waals surface area contributed by atoms with Gasteiger partial charge in [0.2, 0.25) is 6.29 Å². The molecule has 0 aromatic heterocycles. The molecule has 0 spiro atoms. The van der Waals surface area contributed by atoms with Crippen molar-refractivity contribution in [3.63, 3.8) is 0 Å². The summed E-state index contributed by atoms with van der Waals surface area (Å²) in [7, 11) is 0. The molecule has 2 saturated heterocycles. The van der Waals surface area contributed by atoms with E-state index in [1.54, 1.807) is 6.92 Å². The van der Waals surface area contributed by atoms with Crippen molar-refractivity contribution in [1.82, 2.24) is 0 Å². The Morgan fingerprint density at radius 1 is 1.07 bits per heavy atom. The van der Waals surface area contributed by atoms with E-state index in [9.17, 15) is 30.0 Å². The molecule has 0 amide bonds. The summed E-state index contributed by atoms with van der Waals surface area (Å²) in [6.07, 6.45) is -9.64. The number of hydrogen-bond acceptors (Lipinski definition) is 12. The minimum absolute atomic E-state index is 0.0113. The summed E-state index contributed by atoms with van der Waals surface area (Å²) in [4.78, 5) is 30.4. The summed E-state index contributed by atoms with van der Waals surface area (Å²) < 4.78 is 56.8. The number of Topliss-reactive ketones (excluding diaryl/α,β-unsaturated/α-hetero) is 1. The highest BCUT2D eigenvalue weighted by Crippen LogP contribution is 2.72. The smallest absolute Gasteiger partial charge is 0.222 e. The molecule has 0 radical (unpaired) electrons. The number of aliphatic hydroxyl groups excluding tert-OH is 4. The zero-order valence-electron chi connectivity index (χ0n) is 24.7. The van der Waals surface area contributed by atoms with Crippen LogP contribution in [0.5, 0.6) is 0 Å². The quantitative estimate of drug-likeness (QED) is 0.199. The van der Waals surface area contributed by atoms with Crippen molar-refractivity contribution in [3.05, 3.63) is 23.8 Å². The summed E-state index contributed by atoms with van der Waals surface area (Å²) in [6, 6.07) is 0. The zero-order valence-corrected chi connectivity index (χ0v) is 24.7. The largest absolute Gasteiger partial charge is 0.390 e. The van der Waals surface area contributed by atoms with Gasteiger partial charge in [0.25, 0.3) is 0 Å². The molecule has 0 bridgehead atoms. The molecule has 246 valence electrons. The second-order valence-corrected chi connectivity index (χ2v) is 13.5. The Kier molecular flexibility index (Phi) is 8.01. The summed E-state index contributed by atoms with van der Waals surface area (Å²) in [5, 5.41) is 51.1. The van der Waals surface area contributed by atoms with E-state index in [0.29, 0.717) is 12.8 Å². The summed E-state index contributed by atoms with van der Waals surface area (Å²) in [5.41, 5.74) is -6.99. The van der Waals surface area contributed by atoms with Crippen LogP contribution in [0.25, 0.3) is 0 Å². The van der Waals surface area contributed by atoms with Gasteiger partial charge in [-0.1, -0.05) is 26.3 Å². The fraction of sp³-hybridized carbons (Fsp3) is 0.800. The van der Waals surface area contributed by atoms with Crippen molar-refractivity contribution < 1.29 is 67.9 Å². The number of allylic oxidation sites excluding steroid dienone is 4. The average molecular weight is 631 g/mol. The van der Waals surface area contributed by atoms with Gasteiger partial charge in [0.05, 0.1) is 12.2 Å². The molecular formula is C30H40F2O12. The van der Waals surface area contributed by atoms with E-state index in [0.717, 1.165) is 6.08 Å². The molecule has 6 rings (SSSR count). The van der Waals surface area contributed by atoms with E-state index >= 15 is 8.78 Å². The SMILES string of the molecule is CCC[C@@H]1O[C@@H]2C[C@H]3[C@@H]4C[C@H](F)C5=CC(=O)C=C[C@]5(C)[C@@]4(F)[C@@H](O)C[C@]3(C)[C@]2(C(=O)CO[C@@H]2O[C@H](OO)[C@@H](O)[C@H](O)[C@H]2O)O1. The number of fused-ring (bicyclic) bond motifs is 7. The van der Waals surface area contributed by atoms with E-state index < -0.39 is 108 Å². The zero-order chi connectivity index (χ0) is 32.0. The maximum Gasteiger partial charge on any atom is 0.222 e. The van der Waals surface area contributed by atoms with Gasteiger partial charge in [-0.05, 0) is 56.3 Å². The van der Waals surface area contributed by atoms with Gasteiger partial charge in [-0.3, -0.25) is 9.59 Å². The standard InChI is InChI=1S/C30H40F2O12/c1-4-5-21-41-20-10-14-15-9-17(31)16-8-13(33)6-7-27(16,2)29(15,32)18(34)11-28(14,3)30(20,43-21)19(35)12-40-25-23(37)22(36)24(38)26(42-25)44-39/h6-8,14-15,17-18,20-26,34,36-39H,4-5,9-12H2,1-3H3/t14-,15-,17-,18-,20+,21+,22+,23+,24-,25+,26+,27-,28-,29-,30+/m0/s1. The Morgan fingerprint density at radius 2 is 1.77 bits per heavy atom. The highest BCUT2D eigenvalue weighted by Gasteiger charge is 2.80. The van der Waals surface area contributed by atoms with Crippen LogP contribution in [0.4, 0.5) is 8.78 Å². The molecule has 0 aromatic rings. The Hall–Kier alpha value is -1.72. The molecule has 5 N–H and O–H groups in total. The van der Waals surface area contributed by atoms with Crippen molar-refractivity contribution in [1.29, 1.82) is 0 Å². The molecule has 4 aliphatic carbocycles. The van der Waals surface area contributed by atoms with Gasteiger partial charge >= 0.3 is 0 Å². The second kappa shape index (κ2) is 10.9. The third-order valence-corrected chi connectivity index (χ3v) is 11.4. The number of ether oxygens (including phenoxy) is 4. The molecule has 14 heteroatoms. The fourth-order valence-corrected chi connectivity index (χ4v) is 9.19. The summed E-state index contributed by atoms with van der Waals surface area (Å²) in [5.74, 6) is -2.87.